The molecular formula is C12H16O4S. The van der Waals surface area contributed by atoms with Crippen molar-refractivity contribution in [1.29, 1.82) is 0 Å². The first kappa shape index (κ1) is 13.7. The van der Waals surface area contributed by atoms with Crippen LogP contribution in [-0.2, 0) is 20.0 Å². The third kappa shape index (κ3) is 2.49. The van der Waals surface area contributed by atoms with Crippen LogP contribution in [0.25, 0.3) is 0 Å². The third-order valence-corrected chi connectivity index (χ3v) is 4.60. The highest BCUT2D eigenvalue weighted by atomic mass is 32.2. The van der Waals surface area contributed by atoms with Crippen LogP contribution in [0.15, 0.2) is 29.2 Å². The highest BCUT2D eigenvalue weighted by molar-refractivity contribution is 7.91. The Morgan fingerprint density at radius 3 is 2.29 bits per heavy atom. The second-order valence-corrected chi connectivity index (χ2v) is 6.58. The van der Waals surface area contributed by atoms with Crippen molar-refractivity contribution in [2.24, 2.45) is 0 Å². The summed E-state index contributed by atoms with van der Waals surface area (Å²) < 4.78 is 23.8. The van der Waals surface area contributed by atoms with Crippen LogP contribution in [0, 0.1) is 0 Å². The fourth-order valence-electron chi connectivity index (χ4n) is 1.52. The van der Waals surface area contributed by atoms with Gasteiger partial charge in [-0.05, 0) is 25.5 Å². The number of benzene rings is 1. The van der Waals surface area contributed by atoms with Crippen LogP contribution in [-0.4, -0.2) is 25.2 Å². The molecule has 0 amide bonds. The number of sulfone groups is 1. The van der Waals surface area contributed by atoms with Gasteiger partial charge in [-0.1, -0.05) is 25.1 Å². The second kappa shape index (κ2) is 4.49. The lowest BCUT2D eigenvalue weighted by Gasteiger charge is -2.22. The van der Waals surface area contributed by atoms with E-state index >= 15 is 0 Å². The molecule has 4 nitrogen and oxygen atoms in total. The average molecular weight is 256 g/mol. The van der Waals surface area contributed by atoms with Crippen molar-refractivity contribution in [3.8, 4) is 0 Å². The van der Waals surface area contributed by atoms with E-state index in [1.807, 2.05) is 0 Å². The summed E-state index contributed by atoms with van der Waals surface area (Å²) in [6.45, 7) is 4.54. The van der Waals surface area contributed by atoms with Crippen LogP contribution in [0.4, 0.5) is 0 Å². The van der Waals surface area contributed by atoms with Gasteiger partial charge in [-0.25, -0.2) is 8.42 Å². The van der Waals surface area contributed by atoms with Crippen LogP contribution >= 0.6 is 0 Å². The van der Waals surface area contributed by atoms with Gasteiger partial charge < -0.3 is 5.11 Å². The normalized spacial score (nSPS) is 12.4. The maximum Gasteiger partial charge on any atom is 0.313 e. The van der Waals surface area contributed by atoms with Gasteiger partial charge in [0.05, 0.1) is 16.1 Å². The summed E-state index contributed by atoms with van der Waals surface area (Å²) in [7, 11) is -3.41. The molecule has 0 fully saturated rings. The molecule has 17 heavy (non-hydrogen) atoms. The number of carboxylic acid groups (broad SMARTS) is 1. The quantitative estimate of drug-likeness (QED) is 0.892. The summed E-state index contributed by atoms with van der Waals surface area (Å²) >= 11 is 0. The maximum atomic E-state index is 11.9. The van der Waals surface area contributed by atoms with Crippen LogP contribution < -0.4 is 0 Å². The summed E-state index contributed by atoms with van der Waals surface area (Å²) in [4.78, 5) is 11.3. The summed E-state index contributed by atoms with van der Waals surface area (Å²) in [6, 6.07) is 6.26. The molecule has 0 bridgehead atoms. The number of carboxylic acids is 1. The standard InChI is InChI=1S/C12H16O4S/c1-4-17(15,16)10-8-6-5-7-9(10)12(2,3)11(13)14/h5-8H,4H2,1-3H3,(H,13,14). The van der Waals surface area contributed by atoms with E-state index in [0.717, 1.165) is 0 Å². The third-order valence-electron chi connectivity index (χ3n) is 2.81. The van der Waals surface area contributed by atoms with Crippen LogP contribution in [0.5, 0.6) is 0 Å². The molecule has 0 saturated carbocycles. The Kier molecular flexibility index (Phi) is 3.62. The first-order chi connectivity index (χ1) is 7.73. The molecule has 0 aromatic heterocycles. The van der Waals surface area contributed by atoms with Crippen molar-refractivity contribution < 1.29 is 18.3 Å². The Morgan fingerprint density at radius 2 is 1.82 bits per heavy atom. The minimum absolute atomic E-state index is 0.0420. The van der Waals surface area contributed by atoms with E-state index in [2.05, 4.69) is 0 Å². The zero-order chi connectivity index (χ0) is 13.3. The molecule has 0 heterocycles. The zero-order valence-electron chi connectivity index (χ0n) is 10.1. The minimum Gasteiger partial charge on any atom is -0.481 e. The molecule has 0 radical (unpaired) electrons. The molecular weight excluding hydrogens is 240 g/mol. The van der Waals surface area contributed by atoms with Gasteiger partial charge in [0.1, 0.15) is 0 Å². The summed E-state index contributed by atoms with van der Waals surface area (Å²) in [5.74, 6) is -1.09. The second-order valence-electron chi connectivity index (χ2n) is 4.33. The smallest absolute Gasteiger partial charge is 0.313 e. The molecule has 1 aromatic rings. The van der Waals surface area contributed by atoms with Gasteiger partial charge in [0, 0.05) is 0 Å². The van der Waals surface area contributed by atoms with Gasteiger partial charge >= 0.3 is 5.97 Å². The lowest BCUT2D eigenvalue weighted by molar-refractivity contribution is -0.142. The summed E-state index contributed by atoms with van der Waals surface area (Å²) in [6.07, 6.45) is 0. The number of hydrogen-bond donors (Lipinski definition) is 1. The molecule has 0 saturated heterocycles. The molecule has 1 aromatic carbocycles. The SMILES string of the molecule is CCS(=O)(=O)c1ccccc1C(C)(C)C(=O)O. The minimum atomic E-state index is -3.41. The molecule has 0 spiro atoms. The number of carbonyl (C=O) groups is 1. The number of rotatable bonds is 4. The van der Waals surface area contributed by atoms with Gasteiger partial charge in [-0.2, -0.15) is 0 Å². The number of aliphatic carboxylic acids is 1. The van der Waals surface area contributed by atoms with Crippen LogP contribution in [0.3, 0.4) is 0 Å². The van der Waals surface area contributed by atoms with Crippen LogP contribution in [0.2, 0.25) is 0 Å². The Hall–Kier alpha value is -1.36. The molecule has 1 N–H and O–H groups in total. The van der Waals surface area contributed by atoms with Gasteiger partial charge in [-0.3, -0.25) is 4.79 Å². The van der Waals surface area contributed by atoms with E-state index in [9.17, 15) is 13.2 Å². The van der Waals surface area contributed by atoms with Crippen molar-refractivity contribution in [2.75, 3.05) is 5.75 Å². The molecule has 94 valence electrons. The van der Waals surface area contributed by atoms with Crippen molar-refractivity contribution >= 4 is 15.8 Å². The van der Waals surface area contributed by atoms with E-state index < -0.39 is 21.2 Å². The fraction of sp³-hybridized carbons (Fsp3) is 0.417. The molecule has 0 aliphatic heterocycles. The number of hydrogen-bond acceptors (Lipinski definition) is 3. The highest BCUT2D eigenvalue weighted by Gasteiger charge is 2.34. The van der Waals surface area contributed by atoms with Gasteiger partial charge in [0.25, 0.3) is 0 Å². The Bertz CT molecular complexity index is 529. The molecule has 0 atom stereocenters. The molecule has 0 aliphatic carbocycles. The fourth-order valence-corrected chi connectivity index (χ4v) is 2.78. The Morgan fingerprint density at radius 1 is 1.29 bits per heavy atom. The van der Waals surface area contributed by atoms with Crippen molar-refractivity contribution in [2.45, 2.75) is 31.1 Å². The highest BCUT2D eigenvalue weighted by Crippen LogP contribution is 2.30. The van der Waals surface area contributed by atoms with Gasteiger partial charge in [-0.15, -0.1) is 0 Å². The predicted molar refractivity (Wildman–Crippen MR) is 64.8 cm³/mol. The summed E-state index contributed by atoms with van der Waals surface area (Å²) in [5, 5.41) is 9.16. The molecule has 5 heteroatoms. The van der Waals surface area contributed by atoms with Crippen molar-refractivity contribution in [3.63, 3.8) is 0 Å². The summed E-state index contributed by atoms with van der Waals surface area (Å²) in [5.41, 5.74) is -0.895. The van der Waals surface area contributed by atoms with Crippen LogP contribution in [0.1, 0.15) is 26.3 Å². The first-order valence-corrected chi connectivity index (χ1v) is 6.94. The largest absolute Gasteiger partial charge is 0.481 e. The van der Waals surface area contributed by atoms with E-state index in [0.29, 0.717) is 5.56 Å². The van der Waals surface area contributed by atoms with E-state index in [1.165, 1.54) is 19.9 Å². The molecule has 1 rings (SSSR count). The zero-order valence-corrected chi connectivity index (χ0v) is 10.9. The van der Waals surface area contributed by atoms with Crippen molar-refractivity contribution in [3.05, 3.63) is 29.8 Å². The monoisotopic (exact) mass is 256 g/mol. The predicted octanol–water partition coefficient (Wildman–Crippen LogP) is 1.84. The van der Waals surface area contributed by atoms with Gasteiger partial charge in [0.15, 0.2) is 9.84 Å². The maximum absolute atomic E-state index is 11.9. The van der Waals surface area contributed by atoms with E-state index in [1.54, 1.807) is 25.1 Å². The topological polar surface area (TPSA) is 71.4 Å². The van der Waals surface area contributed by atoms with Gasteiger partial charge in [0.2, 0.25) is 0 Å². The molecule has 0 aliphatic rings. The lowest BCUT2D eigenvalue weighted by atomic mass is 9.85. The lowest BCUT2D eigenvalue weighted by Crippen LogP contribution is -2.30. The van der Waals surface area contributed by atoms with E-state index in [-0.39, 0.29) is 10.6 Å². The first-order valence-electron chi connectivity index (χ1n) is 5.29. The van der Waals surface area contributed by atoms with Crippen molar-refractivity contribution in [1.82, 2.24) is 0 Å². The average Bonchev–Trinajstić information content (AvgIpc) is 2.29. The van der Waals surface area contributed by atoms with E-state index in [4.69, 9.17) is 5.11 Å². The molecule has 0 unspecified atom stereocenters. The Balaban J connectivity index is 3.53. The Labute approximate surface area is 101 Å².